The van der Waals surface area contributed by atoms with Crippen LogP contribution in [0.4, 0.5) is 0 Å². The molecule has 1 unspecified atom stereocenters. The second kappa shape index (κ2) is 5.68. The Morgan fingerprint density at radius 2 is 2.05 bits per heavy atom. The number of aromatic nitrogens is 1. The lowest BCUT2D eigenvalue weighted by molar-refractivity contribution is 0.0987. The van der Waals surface area contributed by atoms with Gasteiger partial charge in [-0.1, -0.05) is 39.7 Å². The molecule has 0 aliphatic heterocycles. The number of thiazole rings is 1. The van der Waals surface area contributed by atoms with E-state index in [1.165, 1.54) is 17.5 Å². The third kappa shape index (κ3) is 3.21. The van der Waals surface area contributed by atoms with E-state index < -0.39 is 10.4 Å². The molecular formula is C11H11Cl2N3OS2. The second-order valence-electron chi connectivity index (χ2n) is 3.83. The van der Waals surface area contributed by atoms with Crippen LogP contribution in [-0.4, -0.2) is 17.1 Å². The lowest BCUT2D eigenvalue weighted by atomic mass is 10.4. The molecule has 1 amide bonds. The molecule has 102 valence electrons. The van der Waals surface area contributed by atoms with Crippen LogP contribution in [0.5, 0.6) is 0 Å². The van der Waals surface area contributed by atoms with Gasteiger partial charge in [0.25, 0.3) is 5.91 Å². The summed E-state index contributed by atoms with van der Waals surface area (Å²) in [5.41, 5.74) is 1.58. The van der Waals surface area contributed by atoms with Crippen molar-refractivity contribution in [3.05, 3.63) is 44.8 Å². The van der Waals surface area contributed by atoms with E-state index in [1.54, 1.807) is 30.0 Å². The Morgan fingerprint density at radius 3 is 2.58 bits per heavy atom. The van der Waals surface area contributed by atoms with Crippen LogP contribution in [0.15, 0.2) is 34.8 Å². The van der Waals surface area contributed by atoms with Crippen molar-refractivity contribution in [2.45, 2.75) is 4.90 Å². The smallest absolute Gasteiger partial charge is 0.272 e. The van der Waals surface area contributed by atoms with Gasteiger partial charge in [0.2, 0.25) is 0 Å². The monoisotopic (exact) mass is 335 g/mol. The maximum atomic E-state index is 12.0. The van der Waals surface area contributed by atoms with Crippen molar-refractivity contribution in [3.8, 4) is 0 Å². The number of hydrogen-bond donors (Lipinski definition) is 2. The molecule has 0 bridgehead atoms. The molecule has 1 aromatic carbocycles. The predicted octanol–water partition coefficient (Wildman–Crippen LogP) is 3.46. The molecule has 1 aromatic heterocycles. The first-order chi connectivity index (χ1) is 8.92. The fraction of sp³-hybridized carbons (Fsp3) is 0.0909. The van der Waals surface area contributed by atoms with Crippen LogP contribution in [0.2, 0.25) is 10.0 Å². The minimum Gasteiger partial charge on any atom is -0.298 e. The van der Waals surface area contributed by atoms with E-state index >= 15 is 0 Å². The summed E-state index contributed by atoms with van der Waals surface area (Å²) >= 11 is 13.5. The standard InChI is InChI=1S/C11H11Cl2N3OS2/c1-19(14,10-7(12)3-2-4-8(10)13)16-11(17)9-5-15-6-18-9/h2-6H,14H2,1H3,(H,16,17). The van der Waals surface area contributed by atoms with E-state index in [9.17, 15) is 4.79 Å². The summed E-state index contributed by atoms with van der Waals surface area (Å²) in [5, 5.41) is 7.10. The Balaban J connectivity index is 2.30. The molecule has 0 radical (unpaired) electrons. The van der Waals surface area contributed by atoms with Crippen LogP contribution < -0.4 is 9.86 Å². The van der Waals surface area contributed by atoms with Gasteiger partial charge in [-0.05, 0) is 18.4 Å². The Morgan fingerprint density at radius 1 is 1.42 bits per heavy atom. The fourth-order valence-electron chi connectivity index (χ4n) is 1.51. The minimum absolute atomic E-state index is 0.279. The van der Waals surface area contributed by atoms with E-state index in [2.05, 4.69) is 9.71 Å². The minimum atomic E-state index is -2.13. The quantitative estimate of drug-likeness (QED) is 0.902. The summed E-state index contributed by atoms with van der Waals surface area (Å²) < 4.78 is 2.78. The first-order valence-corrected chi connectivity index (χ1v) is 8.86. The molecule has 0 aliphatic rings. The Hall–Kier alpha value is -0.790. The van der Waals surface area contributed by atoms with E-state index in [0.29, 0.717) is 19.8 Å². The first kappa shape index (κ1) is 14.6. The van der Waals surface area contributed by atoms with Gasteiger partial charge < -0.3 is 0 Å². The number of nitrogens with two attached hydrogens (primary N) is 1. The maximum absolute atomic E-state index is 12.0. The number of carbonyl (C=O) groups excluding carboxylic acids is 1. The molecule has 2 aromatic rings. The van der Waals surface area contributed by atoms with Crippen molar-refractivity contribution < 1.29 is 4.79 Å². The summed E-state index contributed by atoms with van der Waals surface area (Å²) in [6.45, 7) is 0. The van der Waals surface area contributed by atoms with E-state index in [1.807, 2.05) is 0 Å². The summed E-state index contributed by atoms with van der Waals surface area (Å²) in [6.07, 6.45) is 3.21. The number of rotatable bonds is 3. The number of benzene rings is 1. The molecular weight excluding hydrogens is 325 g/mol. The van der Waals surface area contributed by atoms with E-state index in [-0.39, 0.29) is 5.91 Å². The molecule has 1 heterocycles. The van der Waals surface area contributed by atoms with Crippen LogP contribution in [0.25, 0.3) is 0 Å². The molecule has 4 nitrogen and oxygen atoms in total. The first-order valence-electron chi connectivity index (χ1n) is 5.12. The average molecular weight is 336 g/mol. The summed E-state index contributed by atoms with van der Waals surface area (Å²) in [4.78, 5) is 16.9. The molecule has 3 N–H and O–H groups in total. The largest absolute Gasteiger partial charge is 0.298 e. The van der Waals surface area contributed by atoms with Gasteiger partial charge in [-0.3, -0.25) is 19.6 Å². The number of nitrogens with zero attached hydrogens (tertiary/aromatic N) is 1. The van der Waals surface area contributed by atoms with E-state index in [4.69, 9.17) is 28.3 Å². The van der Waals surface area contributed by atoms with Gasteiger partial charge in [0.15, 0.2) is 0 Å². The van der Waals surface area contributed by atoms with Crippen molar-refractivity contribution in [1.29, 1.82) is 0 Å². The zero-order chi connectivity index (χ0) is 14.0. The molecule has 0 spiro atoms. The molecule has 0 saturated carbocycles. The highest BCUT2D eigenvalue weighted by atomic mass is 35.5. The van der Waals surface area contributed by atoms with Gasteiger partial charge in [-0.2, -0.15) is 0 Å². The van der Waals surface area contributed by atoms with Gasteiger partial charge in [0.05, 0.1) is 26.6 Å². The highest BCUT2D eigenvalue weighted by molar-refractivity contribution is 8.30. The SMILES string of the molecule is CS(N)(NC(=O)c1cncs1)c1c(Cl)cccc1Cl. The number of nitrogens with one attached hydrogen (secondary N) is 1. The molecule has 0 aliphatic carbocycles. The van der Waals surface area contributed by atoms with Gasteiger partial charge in [0.1, 0.15) is 4.88 Å². The number of amides is 1. The summed E-state index contributed by atoms with van der Waals surface area (Å²) in [7, 11) is -2.13. The van der Waals surface area contributed by atoms with Crippen molar-refractivity contribution in [1.82, 2.24) is 9.71 Å². The summed E-state index contributed by atoms with van der Waals surface area (Å²) in [6, 6.07) is 5.12. The predicted molar refractivity (Wildman–Crippen MR) is 82.0 cm³/mol. The fourth-order valence-corrected chi connectivity index (χ4v) is 4.99. The van der Waals surface area contributed by atoms with Crippen molar-refractivity contribution >= 4 is 50.8 Å². The number of carbonyl (C=O) groups is 1. The van der Waals surface area contributed by atoms with Crippen LogP contribution in [-0.2, 0) is 0 Å². The molecule has 0 fully saturated rings. The van der Waals surface area contributed by atoms with Crippen LogP contribution in [0.3, 0.4) is 0 Å². The maximum Gasteiger partial charge on any atom is 0.272 e. The highest BCUT2D eigenvalue weighted by Crippen LogP contribution is 2.49. The summed E-state index contributed by atoms with van der Waals surface area (Å²) in [5.74, 6) is -0.279. The lowest BCUT2D eigenvalue weighted by Gasteiger charge is -2.33. The topological polar surface area (TPSA) is 68.0 Å². The molecule has 2 rings (SSSR count). The number of halogens is 2. The van der Waals surface area contributed by atoms with Gasteiger partial charge in [-0.25, -0.2) is 0 Å². The van der Waals surface area contributed by atoms with Crippen molar-refractivity contribution in [2.24, 2.45) is 5.14 Å². The van der Waals surface area contributed by atoms with Crippen LogP contribution in [0, 0.1) is 0 Å². The van der Waals surface area contributed by atoms with Gasteiger partial charge >= 0.3 is 0 Å². The Labute approximate surface area is 126 Å². The zero-order valence-electron chi connectivity index (χ0n) is 9.89. The lowest BCUT2D eigenvalue weighted by Crippen LogP contribution is -2.32. The zero-order valence-corrected chi connectivity index (χ0v) is 13.0. The number of hydrogen-bond acceptors (Lipinski definition) is 4. The normalized spacial score (nSPS) is 15.6. The molecule has 19 heavy (non-hydrogen) atoms. The Bertz CT molecular complexity index is 582. The second-order valence-corrected chi connectivity index (χ2v) is 8.11. The third-order valence-corrected chi connectivity index (χ3v) is 5.83. The van der Waals surface area contributed by atoms with Gasteiger partial charge in [-0.15, -0.1) is 11.3 Å². The Kier molecular flexibility index (Phi) is 4.37. The average Bonchev–Trinajstić information content (AvgIpc) is 2.80. The highest BCUT2D eigenvalue weighted by Gasteiger charge is 2.24. The molecule has 0 saturated heterocycles. The third-order valence-electron chi connectivity index (χ3n) is 2.30. The van der Waals surface area contributed by atoms with Crippen molar-refractivity contribution in [2.75, 3.05) is 6.26 Å². The molecule has 8 heteroatoms. The van der Waals surface area contributed by atoms with E-state index in [0.717, 1.165) is 0 Å². The van der Waals surface area contributed by atoms with Crippen LogP contribution in [0.1, 0.15) is 9.67 Å². The van der Waals surface area contributed by atoms with Crippen LogP contribution >= 0.6 is 44.9 Å². The van der Waals surface area contributed by atoms with Gasteiger partial charge in [0, 0.05) is 0 Å². The van der Waals surface area contributed by atoms with Crippen molar-refractivity contribution in [3.63, 3.8) is 0 Å². The molecule has 1 atom stereocenters.